The Hall–Kier alpha value is -2.02. The van der Waals surface area contributed by atoms with Crippen LogP contribution in [0.15, 0.2) is 23.1 Å². The van der Waals surface area contributed by atoms with Gasteiger partial charge in [-0.2, -0.15) is 4.37 Å². The van der Waals surface area contributed by atoms with E-state index in [0.717, 1.165) is 16.0 Å². The van der Waals surface area contributed by atoms with E-state index in [1.54, 1.807) is 18.7 Å². The van der Waals surface area contributed by atoms with E-state index in [0.29, 0.717) is 18.7 Å². The van der Waals surface area contributed by atoms with Gasteiger partial charge in [-0.05, 0) is 11.5 Å². The fraction of sp³-hybridized carbons (Fsp3) is 0.200. The maximum atomic E-state index is 10.9. The Balaban J connectivity index is 2.11. The van der Waals surface area contributed by atoms with Gasteiger partial charge in [-0.25, -0.2) is 4.79 Å². The lowest BCUT2D eigenvalue weighted by molar-refractivity contribution is 0.144. The number of H-pyrrole nitrogens is 1. The van der Waals surface area contributed by atoms with E-state index in [2.05, 4.69) is 9.36 Å². The molecule has 0 spiro atoms. The number of hydrogen-bond acceptors (Lipinski definition) is 4. The van der Waals surface area contributed by atoms with Crippen LogP contribution in [0.1, 0.15) is 11.3 Å². The van der Waals surface area contributed by atoms with Gasteiger partial charge < -0.3 is 14.5 Å². The summed E-state index contributed by atoms with van der Waals surface area (Å²) in [6, 6.07) is 0. The number of nitrogens with one attached hydrogen (secondary N) is 1. The molecule has 0 saturated carbocycles. The Bertz CT molecular complexity index is 580. The molecule has 1 aliphatic heterocycles. The lowest BCUT2D eigenvalue weighted by Crippen LogP contribution is -2.22. The highest BCUT2D eigenvalue weighted by atomic mass is 32.1. The van der Waals surface area contributed by atoms with E-state index in [4.69, 9.17) is 9.52 Å². The van der Waals surface area contributed by atoms with Crippen molar-refractivity contribution in [3.8, 4) is 0 Å². The largest absolute Gasteiger partial charge is 0.465 e. The number of fused-ring (bicyclic) bond motifs is 2. The van der Waals surface area contributed by atoms with E-state index in [-0.39, 0.29) is 0 Å². The van der Waals surface area contributed by atoms with Crippen LogP contribution >= 0.6 is 11.5 Å². The fourth-order valence-electron chi connectivity index (χ4n) is 1.70. The van der Waals surface area contributed by atoms with Gasteiger partial charge in [-0.1, -0.05) is 0 Å². The van der Waals surface area contributed by atoms with Gasteiger partial charge in [0.25, 0.3) is 0 Å². The van der Waals surface area contributed by atoms with Gasteiger partial charge in [0.05, 0.1) is 25.0 Å². The highest BCUT2D eigenvalue weighted by molar-refractivity contribution is 7.12. The first-order valence-corrected chi connectivity index (χ1v) is 5.76. The Labute approximate surface area is 100.0 Å². The molecule has 3 rings (SSSR count). The van der Waals surface area contributed by atoms with Crippen molar-refractivity contribution in [2.45, 2.75) is 13.1 Å². The quantitative estimate of drug-likeness (QED) is 0.752. The Morgan fingerprint density at radius 2 is 2.41 bits per heavy atom. The molecule has 2 N–H and O–H groups in total. The average Bonchev–Trinajstić information content (AvgIpc) is 2.86. The zero-order valence-electron chi connectivity index (χ0n) is 8.71. The Morgan fingerprint density at radius 1 is 1.53 bits per heavy atom. The summed E-state index contributed by atoms with van der Waals surface area (Å²) in [5.74, 6) is 0. The smallest absolute Gasteiger partial charge is 0.407 e. The van der Waals surface area contributed by atoms with Gasteiger partial charge in [-0.15, -0.1) is 0 Å². The SMILES string of the molecule is O=C(O)N1Cc2coc3c[nH]cc3snc2C1. The maximum absolute atomic E-state index is 10.9. The summed E-state index contributed by atoms with van der Waals surface area (Å²) in [7, 11) is 0. The second-order valence-electron chi connectivity index (χ2n) is 3.71. The molecule has 1 aliphatic rings. The molecule has 0 atom stereocenters. The van der Waals surface area contributed by atoms with Crippen molar-refractivity contribution in [3.63, 3.8) is 0 Å². The third kappa shape index (κ3) is 1.74. The second-order valence-corrected chi connectivity index (χ2v) is 4.52. The molecule has 0 unspecified atom stereocenters. The number of hydrogen-bond donors (Lipinski definition) is 2. The minimum Gasteiger partial charge on any atom is -0.465 e. The van der Waals surface area contributed by atoms with E-state index < -0.39 is 6.09 Å². The van der Waals surface area contributed by atoms with Gasteiger partial charge in [0, 0.05) is 18.0 Å². The predicted octanol–water partition coefficient (Wildman–Crippen LogP) is 2.34. The van der Waals surface area contributed by atoms with Crippen LogP contribution in [0.25, 0.3) is 10.3 Å². The van der Waals surface area contributed by atoms with Crippen molar-refractivity contribution >= 4 is 27.9 Å². The first-order valence-electron chi connectivity index (χ1n) is 4.98. The van der Waals surface area contributed by atoms with Gasteiger partial charge in [0.1, 0.15) is 4.70 Å². The van der Waals surface area contributed by atoms with Crippen LogP contribution < -0.4 is 0 Å². The predicted molar refractivity (Wildman–Crippen MR) is 61.1 cm³/mol. The Kier molecular flexibility index (Phi) is 2.25. The Morgan fingerprint density at radius 3 is 3.24 bits per heavy atom. The van der Waals surface area contributed by atoms with Crippen LogP contribution in [-0.2, 0) is 13.1 Å². The van der Waals surface area contributed by atoms with E-state index in [1.165, 1.54) is 16.4 Å². The molecule has 1 amide bonds. The molecule has 88 valence electrons. The third-order valence-corrected chi connectivity index (χ3v) is 3.42. The van der Waals surface area contributed by atoms with Crippen molar-refractivity contribution in [1.82, 2.24) is 14.3 Å². The van der Waals surface area contributed by atoms with Crippen molar-refractivity contribution in [1.29, 1.82) is 0 Å². The zero-order chi connectivity index (χ0) is 11.8. The second kappa shape index (κ2) is 3.77. The van der Waals surface area contributed by atoms with Crippen molar-refractivity contribution in [2.75, 3.05) is 0 Å². The minimum atomic E-state index is -0.939. The summed E-state index contributed by atoms with van der Waals surface area (Å²) in [5.41, 5.74) is 2.27. The summed E-state index contributed by atoms with van der Waals surface area (Å²) in [6.07, 6.45) is 4.18. The number of carboxylic acid groups (broad SMARTS) is 1. The van der Waals surface area contributed by atoms with Gasteiger partial charge in [-0.3, -0.25) is 4.90 Å². The highest BCUT2D eigenvalue weighted by Gasteiger charge is 2.23. The molecular weight excluding hydrogens is 242 g/mol. The number of nitrogens with zero attached hydrogens (tertiary/aromatic N) is 2. The van der Waals surface area contributed by atoms with Gasteiger partial charge in [0.2, 0.25) is 0 Å². The topological polar surface area (TPSA) is 82.4 Å². The molecule has 0 aromatic carbocycles. The number of aromatic amines is 1. The van der Waals surface area contributed by atoms with E-state index >= 15 is 0 Å². The zero-order valence-corrected chi connectivity index (χ0v) is 9.53. The third-order valence-electron chi connectivity index (χ3n) is 2.60. The number of amides is 1. The molecule has 17 heavy (non-hydrogen) atoms. The summed E-state index contributed by atoms with van der Waals surface area (Å²) in [4.78, 5) is 15.1. The molecule has 0 saturated heterocycles. The lowest BCUT2D eigenvalue weighted by Gasteiger charge is -2.07. The average molecular weight is 251 g/mol. The van der Waals surface area contributed by atoms with Crippen LogP contribution in [0.2, 0.25) is 0 Å². The number of rotatable bonds is 0. The van der Waals surface area contributed by atoms with Gasteiger partial charge >= 0.3 is 6.09 Å². The van der Waals surface area contributed by atoms with Crippen LogP contribution in [0.5, 0.6) is 0 Å². The molecule has 6 nitrogen and oxygen atoms in total. The van der Waals surface area contributed by atoms with Crippen LogP contribution in [0, 0.1) is 0 Å². The molecule has 3 heterocycles. The molecule has 0 bridgehead atoms. The maximum Gasteiger partial charge on any atom is 0.407 e. The highest BCUT2D eigenvalue weighted by Crippen LogP contribution is 2.22. The van der Waals surface area contributed by atoms with Crippen LogP contribution in [-0.4, -0.2) is 25.5 Å². The monoisotopic (exact) mass is 251 g/mol. The van der Waals surface area contributed by atoms with Gasteiger partial charge in [0.15, 0.2) is 5.58 Å². The van der Waals surface area contributed by atoms with Crippen LogP contribution in [0.3, 0.4) is 0 Å². The lowest BCUT2D eigenvalue weighted by atomic mass is 10.3. The summed E-state index contributed by atoms with van der Waals surface area (Å²) in [5, 5.41) is 8.93. The van der Waals surface area contributed by atoms with Crippen LogP contribution in [0.4, 0.5) is 4.79 Å². The summed E-state index contributed by atoms with van der Waals surface area (Å²) in [6.45, 7) is 0.645. The van der Waals surface area contributed by atoms with Crippen molar-refractivity contribution in [3.05, 3.63) is 29.9 Å². The summed E-state index contributed by atoms with van der Waals surface area (Å²) < 4.78 is 10.7. The van der Waals surface area contributed by atoms with Crippen molar-refractivity contribution in [2.24, 2.45) is 0 Å². The molecule has 7 heteroatoms. The fourth-order valence-corrected chi connectivity index (χ4v) is 2.40. The van der Waals surface area contributed by atoms with E-state index in [1.807, 2.05) is 0 Å². The summed E-state index contributed by atoms with van der Waals surface area (Å²) >= 11 is 1.29. The molecular formula is C10H9N3O3S. The van der Waals surface area contributed by atoms with Crippen molar-refractivity contribution < 1.29 is 14.3 Å². The molecule has 2 aromatic rings. The standard InChI is InChI=1S/C10H9N3O3S/c14-10(15)13-3-6-5-16-8-1-11-2-9(8)17-12-7(6)4-13/h1-2,5,11H,3-4H2,(H,14,15). The number of carbonyl (C=O) groups is 1. The molecule has 0 radical (unpaired) electrons. The first kappa shape index (κ1) is 10.2. The normalized spacial score (nSPS) is 13.8. The molecule has 2 aromatic heterocycles. The number of aromatic nitrogens is 2. The minimum absolute atomic E-state index is 0.317. The molecule has 0 fully saturated rings. The van der Waals surface area contributed by atoms with E-state index in [9.17, 15) is 4.79 Å². The molecule has 0 aliphatic carbocycles. The first-order chi connectivity index (χ1) is 8.24.